The summed E-state index contributed by atoms with van der Waals surface area (Å²) in [4.78, 5) is 10.5. The van der Waals surface area contributed by atoms with Crippen molar-refractivity contribution in [3.05, 3.63) is 0 Å². The number of nitrogens with two attached hydrogens (primary N) is 1. The van der Waals surface area contributed by atoms with Gasteiger partial charge in [0.05, 0.1) is 5.92 Å². The highest BCUT2D eigenvalue weighted by atomic mass is 35.5. The van der Waals surface area contributed by atoms with Crippen molar-refractivity contribution in [2.75, 3.05) is 13.1 Å². The zero-order valence-electron chi connectivity index (χ0n) is 6.12. The zero-order chi connectivity index (χ0) is 7.56. The lowest BCUT2D eigenvalue weighted by Gasteiger charge is -2.25. The molecule has 66 valence electrons. The fraction of sp³-hybridized carbons (Fsp3) is 0.833. The SMILES string of the molecule is Cl.NC1CNCCC1C(=O)O. The van der Waals surface area contributed by atoms with E-state index in [-0.39, 0.29) is 24.4 Å². The maximum Gasteiger partial charge on any atom is 0.308 e. The second-order valence-electron chi connectivity index (χ2n) is 2.60. The van der Waals surface area contributed by atoms with Crippen LogP contribution in [0.25, 0.3) is 0 Å². The number of carboxylic acid groups (broad SMARTS) is 1. The minimum absolute atomic E-state index is 0. The first-order valence-corrected chi connectivity index (χ1v) is 3.41. The van der Waals surface area contributed by atoms with Gasteiger partial charge in [-0.25, -0.2) is 0 Å². The predicted octanol–water partition coefficient (Wildman–Crippen LogP) is -0.570. The summed E-state index contributed by atoms with van der Waals surface area (Å²) in [6.45, 7) is 1.39. The summed E-state index contributed by atoms with van der Waals surface area (Å²) in [5.74, 6) is -1.12. The van der Waals surface area contributed by atoms with Gasteiger partial charge in [0.15, 0.2) is 0 Å². The standard InChI is InChI=1S/C6H12N2O2.ClH/c7-5-3-8-2-1-4(5)6(9)10;/h4-5,8H,1-3,7H2,(H,9,10);1H. The Hall–Kier alpha value is -0.320. The molecule has 2 atom stereocenters. The van der Waals surface area contributed by atoms with Gasteiger partial charge in [0.2, 0.25) is 0 Å². The number of hydrogen-bond acceptors (Lipinski definition) is 3. The smallest absolute Gasteiger partial charge is 0.308 e. The molecule has 0 aromatic carbocycles. The largest absolute Gasteiger partial charge is 0.481 e. The summed E-state index contributed by atoms with van der Waals surface area (Å²) in [6.07, 6.45) is 0.649. The summed E-state index contributed by atoms with van der Waals surface area (Å²) in [5, 5.41) is 11.6. The Labute approximate surface area is 71.6 Å². The van der Waals surface area contributed by atoms with Gasteiger partial charge in [-0.05, 0) is 13.0 Å². The number of carboxylic acids is 1. The number of carbonyl (C=O) groups is 1. The molecule has 1 fully saturated rings. The second-order valence-corrected chi connectivity index (χ2v) is 2.60. The first-order valence-electron chi connectivity index (χ1n) is 3.41. The number of nitrogens with one attached hydrogen (secondary N) is 1. The minimum Gasteiger partial charge on any atom is -0.481 e. The van der Waals surface area contributed by atoms with Crippen LogP contribution in [0.3, 0.4) is 0 Å². The average Bonchev–Trinajstić information content (AvgIpc) is 1.88. The number of piperidine rings is 1. The third-order valence-electron chi connectivity index (χ3n) is 1.85. The summed E-state index contributed by atoms with van der Waals surface area (Å²) < 4.78 is 0. The lowest BCUT2D eigenvalue weighted by atomic mass is 9.94. The van der Waals surface area contributed by atoms with Crippen LogP contribution in [-0.2, 0) is 4.79 Å². The first-order chi connectivity index (χ1) is 4.72. The molecule has 0 bridgehead atoms. The van der Waals surface area contributed by atoms with E-state index in [1.807, 2.05) is 0 Å². The molecular weight excluding hydrogens is 168 g/mol. The Morgan fingerprint density at radius 2 is 2.27 bits per heavy atom. The van der Waals surface area contributed by atoms with Crippen LogP contribution in [0.1, 0.15) is 6.42 Å². The van der Waals surface area contributed by atoms with Crippen LogP contribution in [0, 0.1) is 5.92 Å². The molecule has 0 spiro atoms. The van der Waals surface area contributed by atoms with Crippen LogP contribution in [0.5, 0.6) is 0 Å². The summed E-state index contributed by atoms with van der Waals surface area (Å²) in [5.41, 5.74) is 5.54. The van der Waals surface area contributed by atoms with Gasteiger partial charge in [0.1, 0.15) is 0 Å². The number of hydrogen-bond donors (Lipinski definition) is 3. The molecule has 5 heteroatoms. The molecule has 1 aliphatic heterocycles. The summed E-state index contributed by atoms with van der Waals surface area (Å²) in [6, 6.07) is -0.216. The molecule has 4 nitrogen and oxygen atoms in total. The van der Waals surface area contributed by atoms with Crippen LogP contribution in [-0.4, -0.2) is 30.2 Å². The van der Waals surface area contributed by atoms with Gasteiger partial charge >= 0.3 is 5.97 Å². The predicted molar refractivity (Wildman–Crippen MR) is 43.8 cm³/mol. The highest BCUT2D eigenvalue weighted by Crippen LogP contribution is 2.09. The molecule has 0 aliphatic carbocycles. The molecule has 0 aromatic rings. The lowest BCUT2D eigenvalue weighted by Crippen LogP contribution is -2.48. The molecule has 1 saturated heterocycles. The van der Waals surface area contributed by atoms with Gasteiger partial charge in [-0.15, -0.1) is 12.4 Å². The van der Waals surface area contributed by atoms with Crippen molar-refractivity contribution in [3.8, 4) is 0 Å². The van der Waals surface area contributed by atoms with Crippen molar-refractivity contribution in [2.45, 2.75) is 12.5 Å². The van der Waals surface area contributed by atoms with Crippen molar-refractivity contribution >= 4 is 18.4 Å². The maximum absolute atomic E-state index is 10.5. The number of aliphatic carboxylic acids is 1. The van der Waals surface area contributed by atoms with Gasteiger partial charge in [-0.3, -0.25) is 4.79 Å². The van der Waals surface area contributed by atoms with E-state index >= 15 is 0 Å². The van der Waals surface area contributed by atoms with Gasteiger partial charge in [-0.2, -0.15) is 0 Å². The van der Waals surface area contributed by atoms with E-state index in [1.165, 1.54) is 0 Å². The normalized spacial score (nSPS) is 30.6. The fourth-order valence-corrected chi connectivity index (χ4v) is 1.19. The molecule has 0 saturated carbocycles. The van der Waals surface area contributed by atoms with E-state index < -0.39 is 5.97 Å². The van der Waals surface area contributed by atoms with Crippen molar-refractivity contribution in [1.29, 1.82) is 0 Å². The third-order valence-corrected chi connectivity index (χ3v) is 1.85. The molecule has 0 radical (unpaired) electrons. The molecule has 4 N–H and O–H groups in total. The third kappa shape index (κ3) is 2.65. The Balaban J connectivity index is 0.000001000. The highest BCUT2D eigenvalue weighted by Gasteiger charge is 2.27. The van der Waals surface area contributed by atoms with E-state index in [0.29, 0.717) is 13.0 Å². The maximum atomic E-state index is 10.5. The summed E-state index contributed by atoms with van der Waals surface area (Å²) >= 11 is 0. The molecule has 1 aliphatic rings. The van der Waals surface area contributed by atoms with E-state index in [0.717, 1.165) is 6.54 Å². The average molecular weight is 181 g/mol. The lowest BCUT2D eigenvalue weighted by molar-refractivity contribution is -0.143. The fourth-order valence-electron chi connectivity index (χ4n) is 1.19. The van der Waals surface area contributed by atoms with Crippen LogP contribution < -0.4 is 11.1 Å². The van der Waals surface area contributed by atoms with Gasteiger partial charge in [-0.1, -0.05) is 0 Å². The summed E-state index contributed by atoms with van der Waals surface area (Å²) in [7, 11) is 0. The minimum atomic E-state index is -0.769. The monoisotopic (exact) mass is 180 g/mol. The number of halogens is 1. The number of rotatable bonds is 1. The van der Waals surface area contributed by atoms with Crippen LogP contribution in [0.4, 0.5) is 0 Å². The second kappa shape index (κ2) is 4.54. The first kappa shape index (κ1) is 10.7. The Bertz CT molecular complexity index is 143. The molecule has 2 unspecified atom stereocenters. The van der Waals surface area contributed by atoms with Crippen molar-refractivity contribution in [3.63, 3.8) is 0 Å². The molecule has 0 aromatic heterocycles. The Kier molecular flexibility index (Phi) is 4.40. The topological polar surface area (TPSA) is 75.3 Å². The van der Waals surface area contributed by atoms with Gasteiger partial charge in [0, 0.05) is 12.6 Å². The van der Waals surface area contributed by atoms with Gasteiger partial charge in [0.25, 0.3) is 0 Å². The molecular formula is C6H13ClN2O2. The molecule has 1 heterocycles. The zero-order valence-corrected chi connectivity index (χ0v) is 6.93. The molecule has 0 amide bonds. The quantitative estimate of drug-likeness (QED) is 0.505. The van der Waals surface area contributed by atoms with Crippen LogP contribution >= 0.6 is 12.4 Å². The van der Waals surface area contributed by atoms with Crippen molar-refractivity contribution < 1.29 is 9.90 Å². The van der Waals surface area contributed by atoms with E-state index in [9.17, 15) is 4.79 Å². The van der Waals surface area contributed by atoms with Crippen LogP contribution in [0.2, 0.25) is 0 Å². The van der Waals surface area contributed by atoms with E-state index in [1.54, 1.807) is 0 Å². The highest BCUT2D eigenvalue weighted by molar-refractivity contribution is 5.85. The van der Waals surface area contributed by atoms with E-state index in [2.05, 4.69) is 5.32 Å². The van der Waals surface area contributed by atoms with Gasteiger partial charge < -0.3 is 16.2 Å². The van der Waals surface area contributed by atoms with E-state index in [4.69, 9.17) is 10.8 Å². The Morgan fingerprint density at radius 3 is 2.64 bits per heavy atom. The van der Waals surface area contributed by atoms with Crippen LogP contribution in [0.15, 0.2) is 0 Å². The molecule has 11 heavy (non-hydrogen) atoms. The van der Waals surface area contributed by atoms with Crippen molar-refractivity contribution in [1.82, 2.24) is 5.32 Å². The van der Waals surface area contributed by atoms with Crippen molar-refractivity contribution in [2.24, 2.45) is 11.7 Å². The molecule has 1 rings (SSSR count). The Morgan fingerprint density at radius 1 is 1.64 bits per heavy atom.